The van der Waals surface area contributed by atoms with Gasteiger partial charge >= 0.3 is 6.03 Å². The summed E-state index contributed by atoms with van der Waals surface area (Å²) < 4.78 is 0. The Balaban J connectivity index is 1.33. The summed E-state index contributed by atoms with van der Waals surface area (Å²) in [6.45, 7) is 6.60. The Morgan fingerprint density at radius 3 is 2.30 bits per heavy atom. The summed E-state index contributed by atoms with van der Waals surface area (Å²) in [6.07, 6.45) is 7.89. The molecule has 16 nitrogen and oxygen atoms in total. The number of amides is 6. The third kappa shape index (κ3) is 14.9. The number of carbonyl (C=O) groups excluding carboxylic acids is 5. The van der Waals surface area contributed by atoms with Crippen molar-refractivity contribution in [2.45, 2.75) is 135 Å². The van der Waals surface area contributed by atoms with Gasteiger partial charge in [-0.25, -0.2) is 14.8 Å². The molecule has 5 unspecified atom stereocenters. The van der Waals surface area contributed by atoms with E-state index in [9.17, 15) is 29.1 Å². The largest absolute Gasteiger partial charge is 0.390 e. The molecule has 0 radical (unpaired) electrons. The van der Waals surface area contributed by atoms with Crippen molar-refractivity contribution in [1.29, 1.82) is 0 Å². The standard InChI is InChI=1S/C41H64N10O6/c1-4-26(2)37(40(56)46-25-30-24-45-27(3)47-38(30)43)50-36(54)23-34(52)32(21-28-11-7-5-8-12-28)48-35(53)15-18-44-39(55)33(22-29-13-9-6-10-14-29)49-41(57)51-19-16-31(42)17-20-51/h6,9-10,13-14,24,26,28,31-34,37,52H,4-5,7-8,11-12,15-23,25,42H2,1-3H3,(H,44,55)(H,46,56)(H,48,53)(H,49,57)(H,50,54)(H2,43,45,47). The Hall–Kier alpha value is -4.83. The molecule has 5 atom stereocenters. The normalized spacial score (nSPS) is 17.7. The third-order valence-electron chi connectivity index (χ3n) is 11.2. The lowest BCUT2D eigenvalue weighted by molar-refractivity contribution is -0.132. The van der Waals surface area contributed by atoms with Gasteiger partial charge in [0, 0.05) is 56.8 Å². The monoisotopic (exact) mass is 793 g/mol. The molecule has 1 aromatic carbocycles. The van der Waals surface area contributed by atoms with Crippen molar-refractivity contribution in [1.82, 2.24) is 41.5 Å². The van der Waals surface area contributed by atoms with Crippen LogP contribution in [0.1, 0.15) is 101 Å². The molecule has 0 bridgehead atoms. The van der Waals surface area contributed by atoms with Crippen LogP contribution in [0.5, 0.6) is 0 Å². The van der Waals surface area contributed by atoms with E-state index in [0.29, 0.717) is 50.2 Å². The van der Waals surface area contributed by atoms with Crippen molar-refractivity contribution < 1.29 is 29.1 Å². The lowest BCUT2D eigenvalue weighted by Crippen LogP contribution is -2.54. The summed E-state index contributed by atoms with van der Waals surface area (Å²) in [5.74, 6) is -0.886. The average molecular weight is 793 g/mol. The van der Waals surface area contributed by atoms with E-state index in [2.05, 4.69) is 36.6 Å². The van der Waals surface area contributed by atoms with Crippen molar-refractivity contribution in [3.05, 3.63) is 53.5 Å². The quantitative estimate of drug-likeness (QED) is 0.103. The highest BCUT2D eigenvalue weighted by atomic mass is 16.3. The zero-order chi connectivity index (χ0) is 41.3. The average Bonchev–Trinajstić information content (AvgIpc) is 3.19. The minimum absolute atomic E-state index is 0.00316. The lowest BCUT2D eigenvalue weighted by atomic mass is 9.83. The van der Waals surface area contributed by atoms with E-state index in [1.165, 1.54) is 0 Å². The highest BCUT2D eigenvalue weighted by molar-refractivity contribution is 5.89. The molecule has 1 aromatic heterocycles. The second-order valence-corrected chi connectivity index (χ2v) is 15.7. The molecule has 314 valence electrons. The smallest absolute Gasteiger partial charge is 0.318 e. The number of hydrogen-bond donors (Lipinski definition) is 8. The number of aliphatic hydroxyl groups is 1. The van der Waals surface area contributed by atoms with Crippen LogP contribution in [0.15, 0.2) is 36.5 Å². The molecule has 57 heavy (non-hydrogen) atoms. The van der Waals surface area contributed by atoms with Crippen LogP contribution in [0.3, 0.4) is 0 Å². The Kier molecular flexibility index (Phi) is 17.9. The number of benzene rings is 1. The summed E-state index contributed by atoms with van der Waals surface area (Å²) in [5, 5.41) is 25.7. The van der Waals surface area contributed by atoms with Gasteiger partial charge in [-0.05, 0) is 43.6 Å². The number of aliphatic hydroxyl groups excluding tert-OH is 1. The second kappa shape index (κ2) is 22.8. The van der Waals surface area contributed by atoms with E-state index < -0.39 is 42.0 Å². The first-order valence-electron chi connectivity index (χ1n) is 20.6. The van der Waals surface area contributed by atoms with Gasteiger partial charge in [0.2, 0.25) is 23.6 Å². The molecule has 2 aromatic rings. The highest BCUT2D eigenvalue weighted by Gasteiger charge is 2.31. The van der Waals surface area contributed by atoms with Crippen LogP contribution in [-0.4, -0.2) is 99.5 Å². The van der Waals surface area contributed by atoms with Crippen molar-refractivity contribution in [2.75, 3.05) is 25.4 Å². The number of aryl methyl sites for hydroxylation is 1. The minimum atomic E-state index is -1.22. The Bertz CT molecular complexity index is 1620. The molecule has 2 fully saturated rings. The molecular formula is C41H64N10O6. The van der Waals surface area contributed by atoms with E-state index in [1.807, 2.05) is 44.2 Å². The number of piperidine rings is 1. The Labute approximate surface area is 336 Å². The summed E-state index contributed by atoms with van der Waals surface area (Å²) in [4.78, 5) is 76.5. The second-order valence-electron chi connectivity index (χ2n) is 15.7. The first kappa shape index (κ1) is 44.9. The highest BCUT2D eigenvalue weighted by Crippen LogP contribution is 2.28. The van der Waals surface area contributed by atoms with Gasteiger partial charge in [0.1, 0.15) is 23.7 Å². The predicted molar refractivity (Wildman–Crippen MR) is 217 cm³/mol. The van der Waals surface area contributed by atoms with Gasteiger partial charge in [0.25, 0.3) is 0 Å². The van der Waals surface area contributed by atoms with Crippen molar-refractivity contribution in [2.24, 2.45) is 17.6 Å². The van der Waals surface area contributed by atoms with Gasteiger partial charge in [0.05, 0.1) is 18.6 Å². The van der Waals surface area contributed by atoms with E-state index in [0.717, 1.165) is 37.7 Å². The fourth-order valence-electron chi connectivity index (χ4n) is 7.40. The van der Waals surface area contributed by atoms with Gasteiger partial charge in [0.15, 0.2) is 0 Å². The molecule has 1 saturated heterocycles. The first-order chi connectivity index (χ1) is 27.3. The third-order valence-corrected chi connectivity index (χ3v) is 11.2. The molecule has 10 N–H and O–H groups in total. The molecule has 2 aliphatic rings. The number of nitrogen functional groups attached to an aromatic ring is 1. The zero-order valence-electron chi connectivity index (χ0n) is 33.8. The number of urea groups is 1. The van der Waals surface area contributed by atoms with E-state index in [1.54, 1.807) is 18.0 Å². The maximum Gasteiger partial charge on any atom is 0.318 e. The summed E-state index contributed by atoms with van der Waals surface area (Å²) in [5.41, 5.74) is 13.4. The minimum Gasteiger partial charge on any atom is -0.390 e. The van der Waals surface area contributed by atoms with Crippen LogP contribution in [0.2, 0.25) is 0 Å². The maximum absolute atomic E-state index is 13.4. The van der Waals surface area contributed by atoms with Crippen LogP contribution in [0.25, 0.3) is 0 Å². The van der Waals surface area contributed by atoms with Crippen molar-refractivity contribution >= 4 is 35.5 Å². The number of nitrogens with zero attached hydrogens (tertiary/aromatic N) is 3. The lowest BCUT2D eigenvalue weighted by Gasteiger charge is -2.31. The fourth-order valence-corrected chi connectivity index (χ4v) is 7.40. The predicted octanol–water partition coefficient (Wildman–Crippen LogP) is 1.97. The van der Waals surface area contributed by atoms with Gasteiger partial charge in [-0.1, -0.05) is 82.7 Å². The Morgan fingerprint density at radius 2 is 1.63 bits per heavy atom. The SMILES string of the molecule is CCC(C)C(NC(=O)CC(O)C(CC1CCCCC1)NC(=O)CCNC(=O)C(Cc1ccccc1)NC(=O)N1CCC(N)CC1)C(=O)NCc1cnc(C)nc1N. The van der Waals surface area contributed by atoms with E-state index in [4.69, 9.17) is 11.5 Å². The van der Waals surface area contributed by atoms with Crippen molar-refractivity contribution in [3.63, 3.8) is 0 Å². The van der Waals surface area contributed by atoms with Crippen molar-refractivity contribution in [3.8, 4) is 0 Å². The van der Waals surface area contributed by atoms with Gasteiger partial charge in [-0.2, -0.15) is 0 Å². The summed E-state index contributed by atoms with van der Waals surface area (Å²) in [6, 6.07) is 6.65. The topological polar surface area (TPSA) is 247 Å². The fraction of sp³-hybridized carbons (Fsp3) is 0.634. The number of rotatable bonds is 19. The molecule has 1 aliphatic heterocycles. The molecule has 2 heterocycles. The number of anilines is 1. The molecular weight excluding hydrogens is 729 g/mol. The molecule has 6 amide bonds. The summed E-state index contributed by atoms with van der Waals surface area (Å²) in [7, 11) is 0. The molecule has 1 aliphatic carbocycles. The maximum atomic E-state index is 13.4. The Morgan fingerprint density at radius 1 is 0.930 bits per heavy atom. The van der Waals surface area contributed by atoms with E-state index >= 15 is 0 Å². The van der Waals surface area contributed by atoms with Crippen LogP contribution in [0.4, 0.5) is 10.6 Å². The molecule has 4 rings (SSSR count). The molecule has 1 saturated carbocycles. The van der Waals surface area contributed by atoms with Crippen LogP contribution >= 0.6 is 0 Å². The number of carbonyl (C=O) groups is 5. The zero-order valence-corrected chi connectivity index (χ0v) is 33.8. The number of aromatic nitrogens is 2. The summed E-state index contributed by atoms with van der Waals surface area (Å²) >= 11 is 0. The number of likely N-dealkylation sites (tertiary alicyclic amines) is 1. The number of nitrogens with one attached hydrogen (secondary N) is 5. The first-order valence-corrected chi connectivity index (χ1v) is 20.6. The van der Waals surface area contributed by atoms with Gasteiger partial charge < -0.3 is 48.1 Å². The molecule has 16 heteroatoms. The number of nitrogens with two attached hydrogens (primary N) is 2. The van der Waals surface area contributed by atoms with Gasteiger partial charge in [-0.3, -0.25) is 19.2 Å². The van der Waals surface area contributed by atoms with Crippen LogP contribution < -0.4 is 38.1 Å². The van der Waals surface area contributed by atoms with Crippen LogP contribution in [-0.2, 0) is 32.1 Å². The van der Waals surface area contributed by atoms with Gasteiger partial charge in [-0.15, -0.1) is 0 Å². The molecule has 0 spiro atoms. The number of hydrogen-bond acceptors (Lipinski definition) is 10. The van der Waals surface area contributed by atoms with E-state index in [-0.39, 0.29) is 68.0 Å². The van der Waals surface area contributed by atoms with Crippen LogP contribution in [0, 0.1) is 18.8 Å².